The van der Waals surface area contributed by atoms with Crippen LogP contribution in [-0.4, -0.2) is 4.57 Å². The Morgan fingerprint density at radius 1 is 0.351 bits per heavy atom. The van der Waals surface area contributed by atoms with Crippen molar-refractivity contribution in [3.63, 3.8) is 0 Å². The van der Waals surface area contributed by atoms with Crippen molar-refractivity contribution in [3.8, 4) is 27.9 Å². The van der Waals surface area contributed by atoms with E-state index in [2.05, 4.69) is 240 Å². The Morgan fingerprint density at radius 3 is 1.56 bits per heavy atom. The fourth-order valence-corrected chi connectivity index (χ4v) is 9.49. The van der Waals surface area contributed by atoms with Gasteiger partial charge < -0.3 is 9.47 Å². The van der Waals surface area contributed by atoms with Gasteiger partial charge in [0, 0.05) is 33.4 Å². The molecule has 0 N–H and O–H groups in total. The lowest BCUT2D eigenvalue weighted by atomic mass is 9.68. The molecule has 0 unspecified atom stereocenters. The highest BCUT2D eigenvalue weighted by molar-refractivity contribution is 6.10. The van der Waals surface area contributed by atoms with Gasteiger partial charge in [-0.2, -0.15) is 0 Å². The normalized spacial score (nSPS) is 12.7. The van der Waals surface area contributed by atoms with E-state index < -0.39 is 5.41 Å². The minimum atomic E-state index is -0.436. The van der Waals surface area contributed by atoms with Crippen molar-refractivity contribution in [2.45, 2.75) is 5.41 Å². The molecule has 0 saturated heterocycles. The predicted molar refractivity (Wildman–Crippen MR) is 238 cm³/mol. The Kier molecular flexibility index (Phi) is 7.75. The molecule has 0 atom stereocenters. The largest absolute Gasteiger partial charge is 0.310 e. The van der Waals surface area contributed by atoms with Gasteiger partial charge in [-0.3, -0.25) is 0 Å². The van der Waals surface area contributed by atoms with Gasteiger partial charge in [-0.05, 0) is 93.5 Å². The number of aromatic nitrogens is 1. The van der Waals surface area contributed by atoms with E-state index in [4.69, 9.17) is 0 Å². The van der Waals surface area contributed by atoms with E-state index in [9.17, 15) is 0 Å². The molecule has 2 heteroatoms. The fraction of sp³-hybridized carbons (Fsp3) is 0.0182. The smallest absolute Gasteiger partial charge is 0.0713 e. The summed E-state index contributed by atoms with van der Waals surface area (Å²) in [6.45, 7) is 0. The first-order valence-electron chi connectivity index (χ1n) is 19.7. The maximum absolute atomic E-state index is 2.47. The summed E-state index contributed by atoms with van der Waals surface area (Å²) in [5.41, 5.74) is 16.5. The molecule has 1 aliphatic carbocycles. The average molecular weight is 727 g/mol. The first kappa shape index (κ1) is 33.0. The molecule has 268 valence electrons. The van der Waals surface area contributed by atoms with Crippen LogP contribution < -0.4 is 4.90 Å². The van der Waals surface area contributed by atoms with Crippen molar-refractivity contribution in [3.05, 3.63) is 253 Å². The van der Waals surface area contributed by atoms with E-state index >= 15 is 0 Å². The highest BCUT2D eigenvalue weighted by Gasteiger charge is 2.46. The maximum atomic E-state index is 2.47. The molecular weight excluding hydrogens is 689 g/mol. The highest BCUT2D eigenvalue weighted by atomic mass is 15.1. The Labute approximate surface area is 333 Å². The monoisotopic (exact) mass is 726 g/mol. The van der Waals surface area contributed by atoms with Gasteiger partial charge in [0.1, 0.15) is 0 Å². The van der Waals surface area contributed by atoms with Crippen LogP contribution in [0.5, 0.6) is 0 Å². The highest BCUT2D eigenvalue weighted by Crippen LogP contribution is 2.56. The zero-order chi connectivity index (χ0) is 37.8. The van der Waals surface area contributed by atoms with E-state index in [1.165, 1.54) is 60.8 Å². The van der Waals surface area contributed by atoms with Gasteiger partial charge in [-0.15, -0.1) is 0 Å². The second-order valence-electron chi connectivity index (χ2n) is 14.9. The second kappa shape index (κ2) is 13.4. The Balaban J connectivity index is 1.14. The van der Waals surface area contributed by atoms with Gasteiger partial charge in [0.05, 0.1) is 22.1 Å². The number of fused-ring (bicyclic) bond motifs is 6. The van der Waals surface area contributed by atoms with E-state index in [1.807, 2.05) is 0 Å². The summed E-state index contributed by atoms with van der Waals surface area (Å²) in [4.78, 5) is 2.36. The Bertz CT molecular complexity index is 2980. The number of anilines is 3. The first-order valence-corrected chi connectivity index (χ1v) is 19.7. The summed E-state index contributed by atoms with van der Waals surface area (Å²) >= 11 is 0. The molecule has 0 aliphatic heterocycles. The number of rotatable bonds is 7. The molecule has 1 aliphatic rings. The van der Waals surface area contributed by atoms with Crippen molar-refractivity contribution in [2.75, 3.05) is 4.90 Å². The molecule has 2 nitrogen and oxygen atoms in total. The molecule has 9 aromatic carbocycles. The van der Waals surface area contributed by atoms with Gasteiger partial charge in [0.15, 0.2) is 0 Å². The van der Waals surface area contributed by atoms with Crippen molar-refractivity contribution in [2.24, 2.45) is 0 Å². The second-order valence-corrected chi connectivity index (χ2v) is 14.9. The molecule has 0 spiro atoms. The lowest BCUT2D eigenvalue weighted by Gasteiger charge is -2.33. The van der Waals surface area contributed by atoms with Crippen LogP contribution in [0.1, 0.15) is 22.3 Å². The van der Waals surface area contributed by atoms with Crippen molar-refractivity contribution >= 4 is 38.9 Å². The van der Waals surface area contributed by atoms with Gasteiger partial charge in [-0.25, -0.2) is 0 Å². The van der Waals surface area contributed by atoms with Crippen LogP contribution in [0.25, 0.3) is 49.7 Å². The minimum absolute atomic E-state index is 0.436. The molecule has 0 amide bonds. The van der Waals surface area contributed by atoms with Crippen molar-refractivity contribution in [1.82, 2.24) is 4.57 Å². The van der Waals surface area contributed by atoms with Crippen LogP contribution in [0.15, 0.2) is 231 Å². The predicted octanol–water partition coefficient (Wildman–Crippen LogP) is 14.3. The van der Waals surface area contributed by atoms with Crippen molar-refractivity contribution < 1.29 is 0 Å². The van der Waals surface area contributed by atoms with Crippen LogP contribution in [0.4, 0.5) is 17.1 Å². The van der Waals surface area contributed by atoms with Gasteiger partial charge in [0.2, 0.25) is 0 Å². The summed E-state index contributed by atoms with van der Waals surface area (Å²) < 4.78 is 2.47. The molecular formula is C55H38N2. The number of benzene rings is 9. The summed E-state index contributed by atoms with van der Waals surface area (Å²) in [5, 5.41) is 2.48. The molecule has 1 aromatic heterocycles. The number of hydrogen-bond acceptors (Lipinski definition) is 1. The number of nitrogens with zero attached hydrogens (tertiary/aromatic N) is 2. The first-order chi connectivity index (χ1) is 28.3. The zero-order valence-corrected chi connectivity index (χ0v) is 31.3. The molecule has 0 bridgehead atoms. The molecule has 11 rings (SSSR count). The fourth-order valence-electron chi connectivity index (χ4n) is 9.49. The summed E-state index contributed by atoms with van der Waals surface area (Å²) in [6, 6.07) is 84.1. The van der Waals surface area contributed by atoms with E-state index in [0.717, 1.165) is 28.3 Å². The Hall–Kier alpha value is -7.42. The summed E-state index contributed by atoms with van der Waals surface area (Å²) in [6.07, 6.45) is 0. The minimum Gasteiger partial charge on any atom is -0.310 e. The molecule has 0 radical (unpaired) electrons. The van der Waals surface area contributed by atoms with Crippen LogP contribution in [0.2, 0.25) is 0 Å². The Morgan fingerprint density at radius 2 is 0.877 bits per heavy atom. The van der Waals surface area contributed by atoms with E-state index in [-0.39, 0.29) is 0 Å². The van der Waals surface area contributed by atoms with E-state index in [1.54, 1.807) is 0 Å². The molecule has 1 heterocycles. The number of hydrogen-bond donors (Lipinski definition) is 0. The third-order valence-corrected chi connectivity index (χ3v) is 11.9. The van der Waals surface area contributed by atoms with Crippen molar-refractivity contribution in [1.29, 1.82) is 0 Å². The summed E-state index contributed by atoms with van der Waals surface area (Å²) in [5.74, 6) is 0. The van der Waals surface area contributed by atoms with Gasteiger partial charge in [0.25, 0.3) is 0 Å². The van der Waals surface area contributed by atoms with Crippen LogP contribution in [0.3, 0.4) is 0 Å². The third-order valence-electron chi connectivity index (χ3n) is 11.9. The van der Waals surface area contributed by atoms with Gasteiger partial charge >= 0.3 is 0 Å². The van der Waals surface area contributed by atoms with Crippen LogP contribution >= 0.6 is 0 Å². The average Bonchev–Trinajstić information content (AvgIpc) is 3.78. The third kappa shape index (κ3) is 5.11. The quantitative estimate of drug-likeness (QED) is 0.159. The SMILES string of the molecule is c1ccc(N(c2ccccc2)c2ccccc2-c2ccc3c4ccccc4n(-c4ccc5c(c4)-c4ccccc4C5(c4ccccc4)c4ccccc4)c3c2)cc1. The number of para-hydroxylation sites is 4. The summed E-state index contributed by atoms with van der Waals surface area (Å²) in [7, 11) is 0. The molecule has 10 aromatic rings. The maximum Gasteiger partial charge on any atom is 0.0713 e. The van der Waals surface area contributed by atoms with Gasteiger partial charge in [-0.1, -0.05) is 176 Å². The zero-order valence-electron chi connectivity index (χ0n) is 31.3. The molecule has 0 saturated carbocycles. The topological polar surface area (TPSA) is 8.17 Å². The molecule has 0 fully saturated rings. The lowest BCUT2D eigenvalue weighted by Crippen LogP contribution is -2.28. The standard InChI is InChI=1S/C55H38N2/c1-5-19-40(20-6-1)55(41-21-7-2-8-22-41)50-30-16-13-28-46(50)49-38-44(34-36-51(49)55)57-53-32-18-15-29-47(53)48-35-33-39(37-54(48)57)45-27-14-17-31-52(45)56(42-23-9-3-10-24-42)43-25-11-4-12-26-43/h1-38H. The van der Waals surface area contributed by atoms with Crippen LogP contribution in [0, 0.1) is 0 Å². The lowest BCUT2D eigenvalue weighted by molar-refractivity contribution is 0.768. The molecule has 57 heavy (non-hydrogen) atoms. The van der Waals surface area contributed by atoms with E-state index in [0.29, 0.717) is 0 Å². The van der Waals surface area contributed by atoms with Crippen LogP contribution in [-0.2, 0) is 5.41 Å².